The number of nitro benzene ring substituents is 1. The van der Waals surface area contributed by atoms with Crippen molar-refractivity contribution < 1.29 is 22.9 Å². The van der Waals surface area contributed by atoms with Crippen LogP contribution < -0.4 is 10.1 Å². The molecular weight excluding hydrogens is 422 g/mol. The normalized spacial score (nSPS) is 14.7. The minimum absolute atomic E-state index is 0.0618. The Morgan fingerprint density at radius 1 is 1.16 bits per heavy atom. The van der Waals surface area contributed by atoms with Gasteiger partial charge in [0.15, 0.2) is 0 Å². The zero-order chi connectivity index (χ0) is 22.4. The van der Waals surface area contributed by atoms with Crippen molar-refractivity contribution in [3.8, 4) is 5.75 Å². The number of rotatable bonds is 8. The van der Waals surface area contributed by atoms with Gasteiger partial charge in [0.05, 0.1) is 16.9 Å². The van der Waals surface area contributed by atoms with Gasteiger partial charge >= 0.3 is 0 Å². The lowest BCUT2D eigenvalue weighted by Crippen LogP contribution is -2.35. The molecule has 0 radical (unpaired) electrons. The molecule has 31 heavy (non-hydrogen) atoms. The van der Waals surface area contributed by atoms with Crippen LogP contribution in [-0.4, -0.2) is 43.8 Å². The highest BCUT2D eigenvalue weighted by molar-refractivity contribution is 7.89. The van der Waals surface area contributed by atoms with Crippen molar-refractivity contribution in [2.24, 2.45) is 0 Å². The van der Waals surface area contributed by atoms with Gasteiger partial charge in [-0.15, -0.1) is 0 Å². The molecule has 166 valence electrons. The van der Waals surface area contributed by atoms with E-state index in [2.05, 4.69) is 5.32 Å². The van der Waals surface area contributed by atoms with Crippen molar-refractivity contribution in [2.45, 2.75) is 37.0 Å². The molecule has 0 atom stereocenters. The fraction of sp³-hybridized carbons (Fsp3) is 0.381. The number of piperidine rings is 1. The Morgan fingerprint density at radius 2 is 1.90 bits per heavy atom. The molecule has 0 aromatic heterocycles. The van der Waals surface area contributed by atoms with Crippen molar-refractivity contribution in [3.05, 3.63) is 58.1 Å². The Balaban J connectivity index is 1.72. The minimum atomic E-state index is -3.60. The average Bonchev–Trinajstić information content (AvgIpc) is 2.78. The van der Waals surface area contributed by atoms with E-state index in [1.54, 1.807) is 18.2 Å². The summed E-state index contributed by atoms with van der Waals surface area (Å²) in [6.07, 6.45) is 3.04. The molecule has 3 rings (SSSR count). The quantitative estimate of drug-likeness (QED) is 0.490. The van der Waals surface area contributed by atoms with Gasteiger partial charge in [0.25, 0.3) is 5.69 Å². The van der Waals surface area contributed by atoms with Crippen molar-refractivity contribution in [2.75, 3.05) is 25.5 Å². The van der Waals surface area contributed by atoms with Crippen molar-refractivity contribution >= 4 is 27.3 Å². The molecule has 1 fully saturated rings. The number of ether oxygens (including phenoxy) is 1. The first-order chi connectivity index (χ1) is 14.8. The zero-order valence-electron chi connectivity index (χ0n) is 17.2. The van der Waals surface area contributed by atoms with Crippen LogP contribution in [0.5, 0.6) is 5.75 Å². The summed E-state index contributed by atoms with van der Waals surface area (Å²) in [4.78, 5) is 22.9. The molecule has 0 aliphatic carbocycles. The highest BCUT2D eigenvalue weighted by Gasteiger charge is 2.26. The van der Waals surface area contributed by atoms with Crippen LogP contribution in [0.25, 0.3) is 0 Å². The minimum Gasteiger partial charge on any atom is -0.496 e. The van der Waals surface area contributed by atoms with Crippen LogP contribution in [0.2, 0.25) is 0 Å². The summed E-state index contributed by atoms with van der Waals surface area (Å²) in [6.45, 7) is 1.02. The van der Waals surface area contributed by atoms with Crippen LogP contribution in [0.4, 0.5) is 11.4 Å². The van der Waals surface area contributed by atoms with Crippen molar-refractivity contribution in [3.63, 3.8) is 0 Å². The zero-order valence-corrected chi connectivity index (χ0v) is 18.1. The lowest BCUT2D eigenvalue weighted by Gasteiger charge is -2.26. The first kappa shape index (κ1) is 22.7. The average molecular weight is 448 g/mol. The summed E-state index contributed by atoms with van der Waals surface area (Å²) in [7, 11) is -2.11. The molecule has 1 heterocycles. The molecule has 2 aromatic carbocycles. The first-order valence-electron chi connectivity index (χ1n) is 10.0. The standard InChI is InChI=1S/C21H25N3O6S/c1-30-20-10-9-19(31(28,29)23-12-3-2-4-13-23)14-16(20)8-11-21(25)22-17-6-5-7-18(15-17)24(26)27/h5-7,9-10,14-15H,2-4,8,11-13H2,1H3,(H,22,25). The summed E-state index contributed by atoms with van der Waals surface area (Å²) in [6, 6.07) is 10.4. The molecule has 9 nitrogen and oxygen atoms in total. The van der Waals surface area contributed by atoms with Gasteiger partial charge < -0.3 is 10.1 Å². The van der Waals surface area contributed by atoms with Crippen LogP contribution in [0.15, 0.2) is 47.4 Å². The van der Waals surface area contributed by atoms with Crippen LogP contribution in [0, 0.1) is 10.1 Å². The molecular formula is C21H25N3O6S. The fourth-order valence-corrected chi connectivity index (χ4v) is 5.10. The monoisotopic (exact) mass is 447 g/mol. The Hall–Kier alpha value is -2.98. The van der Waals surface area contributed by atoms with E-state index in [1.807, 2.05) is 0 Å². The number of nitro groups is 1. The number of hydrogen-bond donors (Lipinski definition) is 1. The third kappa shape index (κ3) is 5.59. The van der Waals surface area contributed by atoms with Gasteiger partial charge in [-0.05, 0) is 49.1 Å². The summed E-state index contributed by atoms with van der Waals surface area (Å²) >= 11 is 0. The predicted octanol–water partition coefficient (Wildman–Crippen LogP) is 3.35. The molecule has 2 aromatic rings. The van der Waals surface area contributed by atoms with E-state index in [0.717, 1.165) is 19.3 Å². The van der Waals surface area contributed by atoms with E-state index in [-0.39, 0.29) is 29.3 Å². The van der Waals surface area contributed by atoms with Crippen LogP contribution >= 0.6 is 0 Å². The van der Waals surface area contributed by atoms with Gasteiger partial charge in [-0.2, -0.15) is 4.31 Å². The van der Waals surface area contributed by atoms with Gasteiger partial charge in [0.1, 0.15) is 5.75 Å². The topological polar surface area (TPSA) is 119 Å². The molecule has 1 aliphatic rings. The van der Waals surface area contributed by atoms with E-state index >= 15 is 0 Å². The summed E-state index contributed by atoms with van der Waals surface area (Å²) in [5, 5.41) is 13.5. The van der Waals surface area contributed by atoms with Crippen molar-refractivity contribution in [1.82, 2.24) is 4.31 Å². The number of benzene rings is 2. The van der Waals surface area contributed by atoms with Gasteiger partial charge in [-0.25, -0.2) is 8.42 Å². The first-order valence-corrected chi connectivity index (χ1v) is 11.5. The number of nitrogens with zero attached hydrogens (tertiary/aromatic N) is 2. The second-order valence-electron chi connectivity index (χ2n) is 7.29. The van der Waals surface area contributed by atoms with Gasteiger partial charge in [-0.1, -0.05) is 12.5 Å². The van der Waals surface area contributed by atoms with Crippen LogP contribution in [0.3, 0.4) is 0 Å². The number of sulfonamides is 1. The SMILES string of the molecule is COc1ccc(S(=O)(=O)N2CCCCC2)cc1CCC(=O)Nc1cccc([N+](=O)[O-])c1. The molecule has 1 saturated heterocycles. The van der Waals surface area contributed by atoms with E-state index in [0.29, 0.717) is 30.1 Å². The lowest BCUT2D eigenvalue weighted by molar-refractivity contribution is -0.384. The summed E-state index contributed by atoms with van der Waals surface area (Å²) < 4.78 is 32.7. The van der Waals surface area contributed by atoms with Crippen molar-refractivity contribution in [1.29, 1.82) is 0 Å². The summed E-state index contributed by atoms with van der Waals surface area (Å²) in [5.74, 6) is 0.160. The predicted molar refractivity (Wildman–Crippen MR) is 116 cm³/mol. The second-order valence-corrected chi connectivity index (χ2v) is 9.23. The number of carbonyl (C=O) groups is 1. The van der Waals surface area contributed by atoms with Crippen LogP contribution in [-0.2, 0) is 21.2 Å². The molecule has 0 spiro atoms. The Kier molecular flexibility index (Phi) is 7.24. The highest BCUT2D eigenvalue weighted by atomic mass is 32.2. The number of nitrogens with one attached hydrogen (secondary N) is 1. The maximum absolute atomic E-state index is 13.0. The summed E-state index contributed by atoms with van der Waals surface area (Å²) in [5.41, 5.74) is 0.817. The number of aryl methyl sites for hydroxylation is 1. The number of carbonyl (C=O) groups excluding carboxylic acids is 1. The molecule has 0 bridgehead atoms. The number of non-ortho nitro benzene ring substituents is 1. The van der Waals surface area contributed by atoms with Gasteiger partial charge in [-0.3, -0.25) is 14.9 Å². The molecule has 10 heteroatoms. The number of anilines is 1. The Labute approximate surface area is 181 Å². The number of amides is 1. The van der Waals surface area contributed by atoms with E-state index in [1.165, 1.54) is 35.7 Å². The third-order valence-corrected chi connectivity index (χ3v) is 7.06. The van der Waals surface area contributed by atoms with Gasteiger partial charge in [0, 0.05) is 37.3 Å². The third-order valence-electron chi connectivity index (χ3n) is 5.17. The van der Waals surface area contributed by atoms with Crippen LogP contribution in [0.1, 0.15) is 31.2 Å². The molecule has 1 aliphatic heterocycles. The number of methoxy groups -OCH3 is 1. The maximum atomic E-state index is 13.0. The van der Waals surface area contributed by atoms with E-state index < -0.39 is 14.9 Å². The molecule has 1 amide bonds. The molecule has 0 saturated carbocycles. The largest absolute Gasteiger partial charge is 0.496 e. The molecule has 0 unspecified atom stereocenters. The second kappa shape index (κ2) is 9.88. The highest BCUT2D eigenvalue weighted by Crippen LogP contribution is 2.27. The lowest BCUT2D eigenvalue weighted by atomic mass is 10.1. The van der Waals surface area contributed by atoms with E-state index in [9.17, 15) is 23.3 Å². The molecule has 1 N–H and O–H groups in total. The Morgan fingerprint density at radius 3 is 2.58 bits per heavy atom. The van der Waals surface area contributed by atoms with E-state index in [4.69, 9.17) is 4.74 Å². The smallest absolute Gasteiger partial charge is 0.271 e. The fourth-order valence-electron chi connectivity index (χ4n) is 3.53. The Bertz CT molecular complexity index is 1060. The van der Waals surface area contributed by atoms with Gasteiger partial charge in [0.2, 0.25) is 15.9 Å². The number of hydrogen-bond acceptors (Lipinski definition) is 6. The maximum Gasteiger partial charge on any atom is 0.271 e.